The van der Waals surface area contributed by atoms with Gasteiger partial charge in [0, 0.05) is 31.4 Å². The Kier molecular flexibility index (Phi) is 9.46. The van der Waals surface area contributed by atoms with Crippen molar-refractivity contribution in [3.05, 3.63) is 47.3 Å². The number of ether oxygens (including phenoxy) is 1. The van der Waals surface area contributed by atoms with Crippen molar-refractivity contribution in [2.45, 2.75) is 63.0 Å². The van der Waals surface area contributed by atoms with Gasteiger partial charge in [0.15, 0.2) is 0 Å². The summed E-state index contributed by atoms with van der Waals surface area (Å²) in [6.45, 7) is 3.39. The van der Waals surface area contributed by atoms with Gasteiger partial charge in [0.2, 0.25) is 0 Å². The predicted octanol–water partition coefficient (Wildman–Crippen LogP) is 2.63. The first kappa shape index (κ1) is 29.5. The molecule has 0 bridgehead atoms. The summed E-state index contributed by atoms with van der Waals surface area (Å²) in [6, 6.07) is 6.20. The normalized spacial score (nSPS) is 20.9. The quantitative estimate of drug-likeness (QED) is 0.265. The molecule has 2 aliphatic rings. The molecule has 13 heteroatoms. The van der Waals surface area contributed by atoms with E-state index in [1.165, 1.54) is 40.1 Å². The SMILES string of the molecule is CC(C)(C=C(C#N)C(=O)N1CCC[C@H](OC(=O)N[C@H](CB(O)O)c2ccc(F)cc2)C1)N1CCC(F)(F)C1. The number of nitrogens with one attached hydrogen (secondary N) is 1. The lowest BCUT2D eigenvalue weighted by molar-refractivity contribution is -0.129. The van der Waals surface area contributed by atoms with Crippen molar-refractivity contribution < 1.29 is 37.5 Å². The van der Waals surface area contributed by atoms with Crippen LogP contribution in [-0.4, -0.2) is 82.7 Å². The fourth-order valence-electron chi connectivity index (χ4n) is 4.72. The first-order chi connectivity index (χ1) is 17.8. The van der Waals surface area contributed by atoms with E-state index in [1.807, 2.05) is 6.07 Å². The Morgan fingerprint density at radius 1 is 1.32 bits per heavy atom. The van der Waals surface area contributed by atoms with Crippen LogP contribution in [0.25, 0.3) is 0 Å². The van der Waals surface area contributed by atoms with E-state index in [0.717, 1.165) is 0 Å². The Morgan fingerprint density at radius 2 is 2.00 bits per heavy atom. The van der Waals surface area contributed by atoms with Gasteiger partial charge in [-0.05, 0) is 50.5 Å². The molecule has 0 spiro atoms. The number of likely N-dealkylation sites (tertiary alicyclic amines) is 2. The Balaban J connectivity index is 1.63. The highest BCUT2D eigenvalue weighted by Crippen LogP contribution is 2.33. The third-order valence-electron chi connectivity index (χ3n) is 6.78. The molecular weight excluding hydrogens is 504 g/mol. The van der Waals surface area contributed by atoms with Gasteiger partial charge in [0.1, 0.15) is 23.6 Å². The van der Waals surface area contributed by atoms with Crippen LogP contribution in [0.2, 0.25) is 6.32 Å². The van der Waals surface area contributed by atoms with Crippen molar-refractivity contribution in [3.8, 4) is 6.07 Å². The topological polar surface area (TPSA) is 126 Å². The van der Waals surface area contributed by atoms with Crippen molar-refractivity contribution >= 4 is 19.1 Å². The van der Waals surface area contributed by atoms with Crippen LogP contribution >= 0.6 is 0 Å². The average Bonchev–Trinajstić information content (AvgIpc) is 3.22. The second-order valence-corrected chi connectivity index (χ2v) is 10.2. The largest absolute Gasteiger partial charge is 0.453 e. The van der Waals surface area contributed by atoms with Gasteiger partial charge >= 0.3 is 13.2 Å². The third kappa shape index (κ3) is 7.96. The molecule has 1 aromatic rings. The zero-order chi connectivity index (χ0) is 28.1. The molecular formula is C25H32BF3N4O5. The first-order valence-electron chi connectivity index (χ1n) is 12.4. The van der Waals surface area contributed by atoms with Crippen LogP contribution in [0.5, 0.6) is 0 Å². The number of amides is 2. The van der Waals surface area contributed by atoms with Crippen molar-refractivity contribution in [1.29, 1.82) is 5.26 Å². The number of nitriles is 1. The molecule has 2 heterocycles. The number of nitrogens with zero attached hydrogens (tertiary/aromatic N) is 3. The number of benzene rings is 1. The van der Waals surface area contributed by atoms with Crippen LogP contribution in [0.4, 0.5) is 18.0 Å². The van der Waals surface area contributed by atoms with Crippen molar-refractivity contribution in [2.24, 2.45) is 0 Å². The minimum atomic E-state index is -2.81. The Labute approximate surface area is 220 Å². The summed E-state index contributed by atoms with van der Waals surface area (Å²) < 4.78 is 46.2. The van der Waals surface area contributed by atoms with Crippen molar-refractivity contribution in [1.82, 2.24) is 15.1 Å². The van der Waals surface area contributed by atoms with Gasteiger partial charge in [-0.25, -0.2) is 18.0 Å². The van der Waals surface area contributed by atoms with Gasteiger partial charge < -0.3 is 25.0 Å². The second-order valence-electron chi connectivity index (χ2n) is 10.2. The summed E-state index contributed by atoms with van der Waals surface area (Å²) in [5.41, 5.74) is -0.679. The van der Waals surface area contributed by atoms with Crippen molar-refractivity contribution in [2.75, 3.05) is 26.2 Å². The molecule has 0 aromatic heterocycles. The molecule has 38 heavy (non-hydrogen) atoms. The molecule has 206 valence electrons. The predicted molar refractivity (Wildman–Crippen MR) is 132 cm³/mol. The molecule has 2 saturated heterocycles. The molecule has 0 aliphatic carbocycles. The van der Waals surface area contributed by atoms with Crippen LogP contribution in [0.3, 0.4) is 0 Å². The van der Waals surface area contributed by atoms with E-state index >= 15 is 0 Å². The number of hydrogen-bond acceptors (Lipinski definition) is 7. The minimum absolute atomic E-state index is 0.0251. The van der Waals surface area contributed by atoms with E-state index in [9.17, 15) is 38.1 Å². The van der Waals surface area contributed by atoms with Crippen LogP contribution in [-0.2, 0) is 9.53 Å². The summed E-state index contributed by atoms with van der Waals surface area (Å²) in [7, 11) is -1.74. The molecule has 0 radical (unpaired) electrons. The van der Waals surface area contributed by atoms with E-state index in [1.54, 1.807) is 13.8 Å². The first-order valence-corrected chi connectivity index (χ1v) is 12.4. The fourth-order valence-corrected chi connectivity index (χ4v) is 4.72. The summed E-state index contributed by atoms with van der Waals surface area (Å²) >= 11 is 0. The summed E-state index contributed by atoms with van der Waals surface area (Å²) in [6.07, 6.45) is 0.276. The molecule has 2 atom stereocenters. The highest BCUT2D eigenvalue weighted by Gasteiger charge is 2.43. The third-order valence-corrected chi connectivity index (χ3v) is 6.78. The Morgan fingerprint density at radius 3 is 2.58 bits per heavy atom. The molecule has 1 aromatic carbocycles. The lowest BCUT2D eigenvalue weighted by atomic mass is 9.79. The van der Waals surface area contributed by atoms with E-state index in [-0.39, 0.29) is 31.4 Å². The maximum absolute atomic E-state index is 13.7. The molecule has 9 nitrogen and oxygen atoms in total. The lowest BCUT2D eigenvalue weighted by Crippen LogP contribution is -2.47. The fraction of sp³-hybridized carbons (Fsp3) is 0.560. The smallest absolute Gasteiger partial charge is 0.444 e. The maximum atomic E-state index is 13.7. The van der Waals surface area contributed by atoms with E-state index in [4.69, 9.17) is 4.74 Å². The van der Waals surface area contributed by atoms with Gasteiger partial charge in [-0.2, -0.15) is 5.26 Å². The summed E-state index contributed by atoms with van der Waals surface area (Å²) in [4.78, 5) is 28.6. The monoisotopic (exact) mass is 536 g/mol. The molecule has 2 aliphatic heterocycles. The van der Waals surface area contributed by atoms with Gasteiger partial charge in [-0.3, -0.25) is 9.69 Å². The number of rotatable bonds is 8. The standard InChI is InChI=1S/C25H32BF3N4O5/c1-24(2,33-11-9-25(28,29)16-33)12-18(14-30)22(34)32-10-3-4-20(15-32)38-23(35)31-21(13-26(36)37)17-5-7-19(27)8-6-17/h5-8,12,20-21,36-37H,3-4,9-11,13,15-16H2,1-2H3,(H,31,35)/t20-,21+/m0/s1. The van der Waals surface area contributed by atoms with E-state index in [2.05, 4.69) is 5.32 Å². The summed E-state index contributed by atoms with van der Waals surface area (Å²) in [5, 5.41) is 31.0. The zero-order valence-corrected chi connectivity index (χ0v) is 21.4. The lowest BCUT2D eigenvalue weighted by Gasteiger charge is -2.35. The van der Waals surface area contributed by atoms with Crippen molar-refractivity contribution in [3.63, 3.8) is 0 Å². The van der Waals surface area contributed by atoms with Gasteiger partial charge in [-0.15, -0.1) is 0 Å². The minimum Gasteiger partial charge on any atom is -0.444 e. The number of piperidine rings is 1. The zero-order valence-electron chi connectivity index (χ0n) is 21.4. The molecule has 2 amide bonds. The highest BCUT2D eigenvalue weighted by molar-refractivity contribution is 6.41. The Hall–Kier alpha value is -3.08. The number of alkyl carbamates (subject to hydrolysis) is 1. The van der Waals surface area contributed by atoms with Crippen LogP contribution in [0.1, 0.15) is 44.7 Å². The number of hydrogen-bond donors (Lipinski definition) is 3. The van der Waals surface area contributed by atoms with Crippen LogP contribution < -0.4 is 5.32 Å². The van der Waals surface area contributed by atoms with E-state index < -0.39 is 55.1 Å². The van der Waals surface area contributed by atoms with Crippen LogP contribution in [0, 0.1) is 17.1 Å². The number of alkyl halides is 2. The molecule has 2 fully saturated rings. The van der Waals surface area contributed by atoms with Gasteiger partial charge in [0.05, 0.1) is 19.1 Å². The van der Waals surface area contributed by atoms with Crippen LogP contribution in [0.15, 0.2) is 35.9 Å². The number of carbonyl (C=O) groups is 2. The Bertz CT molecular complexity index is 1080. The highest BCUT2D eigenvalue weighted by atomic mass is 19.3. The molecule has 3 rings (SSSR count). The summed E-state index contributed by atoms with van der Waals surface area (Å²) in [5.74, 6) is -3.88. The molecule has 0 saturated carbocycles. The molecule has 3 N–H and O–H groups in total. The average molecular weight is 536 g/mol. The second kappa shape index (κ2) is 12.2. The number of halogens is 3. The number of carbonyl (C=O) groups excluding carboxylic acids is 2. The maximum Gasteiger partial charge on any atom is 0.453 e. The van der Waals surface area contributed by atoms with Gasteiger partial charge in [-0.1, -0.05) is 12.1 Å². The van der Waals surface area contributed by atoms with Gasteiger partial charge in [0.25, 0.3) is 11.8 Å². The molecule has 0 unspecified atom stereocenters. The van der Waals surface area contributed by atoms with E-state index in [0.29, 0.717) is 24.9 Å².